The van der Waals surface area contributed by atoms with Crippen LogP contribution < -0.4 is 19.3 Å². The smallest absolute Gasteiger partial charge is 0.270 e. The molecule has 0 unspecified atom stereocenters. The number of nitrogens with zero attached hydrogens (tertiary/aromatic N) is 2. The molecule has 1 fully saturated rings. The molecule has 4 rings (SSSR count). The van der Waals surface area contributed by atoms with Crippen molar-refractivity contribution >= 4 is 46.6 Å². The van der Waals surface area contributed by atoms with E-state index in [1.54, 1.807) is 49.6 Å². The Kier molecular flexibility index (Phi) is 6.00. The average molecular weight is 445 g/mol. The molecular formula is C25H20N2O4S. The largest absolute Gasteiger partial charge is 0.497 e. The number of para-hydroxylation sites is 2. The number of methoxy groups -OCH3 is 2. The number of hydrogen-bond donors (Lipinski definition) is 0. The summed E-state index contributed by atoms with van der Waals surface area (Å²) in [6.07, 6.45) is 1.51. The van der Waals surface area contributed by atoms with Crippen molar-refractivity contribution in [2.45, 2.75) is 0 Å². The lowest BCUT2D eigenvalue weighted by Crippen LogP contribution is -2.56. The molecule has 0 atom stereocenters. The zero-order valence-corrected chi connectivity index (χ0v) is 18.3. The molecule has 32 heavy (non-hydrogen) atoms. The maximum atomic E-state index is 13.5. The van der Waals surface area contributed by atoms with Crippen LogP contribution in [0.1, 0.15) is 5.56 Å². The Hall–Kier alpha value is -3.97. The minimum Gasteiger partial charge on any atom is -0.497 e. The maximum Gasteiger partial charge on any atom is 0.270 e. The molecule has 3 aromatic carbocycles. The third-order valence-corrected chi connectivity index (χ3v) is 5.38. The fourth-order valence-electron chi connectivity index (χ4n) is 3.45. The summed E-state index contributed by atoms with van der Waals surface area (Å²) in [4.78, 5) is 29.8. The third-order valence-electron chi connectivity index (χ3n) is 5.02. The monoisotopic (exact) mass is 444 g/mol. The van der Waals surface area contributed by atoms with Crippen molar-refractivity contribution in [2.24, 2.45) is 0 Å². The first-order valence-electron chi connectivity index (χ1n) is 9.82. The molecule has 0 bridgehead atoms. The number of thiocarbonyl (C=S) groups is 1. The van der Waals surface area contributed by atoms with Crippen LogP contribution in [0.25, 0.3) is 6.08 Å². The highest BCUT2D eigenvalue weighted by Gasteiger charge is 2.41. The lowest BCUT2D eigenvalue weighted by molar-refractivity contribution is -0.120. The first-order chi connectivity index (χ1) is 15.5. The molecule has 2 amide bonds. The predicted octanol–water partition coefficient (Wildman–Crippen LogP) is 4.45. The Labute approximate surface area is 191 Å². The van der Waals surface area contributed by atoms with Crippen LogP contribution in [0.2, 0.25) is 0 Å². The van der Waals surface area contributed by atoms with Gasteiger partial charge >= 0.3 is 0 Å². The summed E-state index contributed by atoms with van der Waals surface area (Å²) in [5.74, 6) is 0.0554. The fraction of sp³-hybridized carbons (Fsp3) is 0.0800. The molecule has 1 heterocycles. The highest BCUT2D eigenvalue weighted by atomic mass is 32.1. The molecule has 1 saturated heterocycles. The number of carbonyl (C=O) groups excluding carboxylic acids is 2. The normalized spacial score (nSPS) is 13.9. The van der Waals surface area contributed by atoms with Crippen LogP contribution in [-0.4, -0.2) is 31.1 Å². The molecule has 1 aliphatic heterocycles. The van der Waals surface area contributed by atoms with Crippen molar-refractivity contribution in [3.63, 3.8) is 0 Å². The van der Waals surface area contributed by atoms with Gasteiger partial charge in [-0.2, -0.15) is 0 Å². The molecule has 0 radical (unpaired) electrons. The van der Waals surface area contributed by atoms with Gasteiger partial charge in [-0.25, -0.2) is 0 Å². The van der Waals surface area contributed by atoms with Crippen LogP contribution in [0.4, 0.5) is 11.4 Å². The second-order valence-electron chi connectivity index (χ2n) is 6.90. The van der Waals surface area contributed by atoms with Crippen molar-refractivity contribution in [3.05, 3.63) is 90.0 Å². The topological polar surface area (TPSA) is 59.1 Å². The second kappa shape index (κ2) is 9.03. The van der Waals surface area contributed by atoms with E-state index in [-0.39, 0.29) is 10.7 Å². The van der Waals surface area contributed by atoms with E-state index in [9.17, 15) is 9.59 Å². The predicted molar refractivity (Wildman–Crippen MR) is 128 cm³/mol. The van der Waals surface area contributed by atoms with Gasteiger partial charge in [0, 0.05) is 5.56 Å². The number of rotatable bonds is 5. The molecule has 0 aliphatic carbocycles. The van der Waals surface area contributed by atoms with Crippen LogP contribution in [-0.2, 0) is 9.59 Å². The van der Waals surface area contributed by atoms with Gasteiger partial charge in [-0.15, -0.1) is 0 Å². The molecule has 0 aromatic heterocycles. The molecule has 0 saturated carbocycles. The molecule has 7 heteroatoms. The molecular weight excluding hydrogens is 424 g/mol. The van der Waals surface area contributed by atoms with E-state index in [2.05, 4.69) is 0 Å². The van der Waals surface area contributed by atoms with E-state index in [1.165, 1.54) is 23.0 Å². The Morgan fingerprint density at radius 3 is 1.75 bits per heavy atom. The van der Waals surface area contributed by atoms with Gasteiger partial charge in [0.05, 0.1) is 25.6 Å². The Bertz CT molecular complexity index is 1150. The molecule has 0 spiro atoms. The number of amides is 2. The first-order valence-corrected chi connectivity index (χ1v) is 10.2. The number of benzene rings is 3. The van der Waals surface area contributed by atoms with E-state index in [1.807, 2.05) is 36.4 Å². The van der Waals surface area contributed by atoms with Crippen molar-refractivity contribution in [2.75, 3.05) is 24.0 Å². The lowest BCUT2D eigenvalue weighted by atomic mass is 10.0. The van der Waals surface area contributed by atoms with Gasteiger partial charge in [0.25, 0.3) is 11.8 Å². The standard InChI is InChI=1S/C25H20N2O4S/c1-30-20-13-14-22(31-2)17(15-20)16-21-23(28)26(18-9-5-3-6-10-18)25(32)27(24(21)29)19-11-7-4-8-12-19/h3-16H,1-2H3. The van der Waals surface area contributed by atoms with Gasteiger partial charge in [-0.3, -0.25) is 19.4 Å². The highest BCUT2D eigenvalue weighted by Crippen LogP contribution is 2.32. The molecule has 3 aromatic rings. The SMILES string of the molecule is COc1ccc(OC)c(C=C2C(=O)N(c3ccccc3)C(=S)N(c3ccccc3)C2=O)c1. The molecule has 6 nitrogen and oxygen atoms in total. The molecule has 0 N–H and O–H groups in total. The van der Waals surface area contributed by atoms with E-state index < -0.39 is 11.8 Å². The number of anilines is 2. The van der Waals surface area contributed by atoms with Crippen LogP contribution in [0, 0.1) is 0 Å². The van der Waals surface area contributed by atoms with E-state index >= 15 is 0 Å². The van der Waals surface area contributed by atoms with E-state index in [4.69, 9.17) is 21.7 Å². The van der Waals surface area contributed by atoms with Crippen LogP contribution in [0.15, 0.2) is 84.4 Å². The van der Waals surface area contributed by atoms with Gasteiger partial charge in [0.1, 0.15) is 17.1 Å². The Morgan fingerprint density at radius 2 is 1.28 bits per heavy atom. The minimum absolute atomic E-state index is 0.0436. The molecule has 160 valence electrons. The zero-order valence-electron chi connectivity index (χ0n) is 17.5. The fourth-order valence-corrected chi connectivity index (χ4v) is 3.82. The number of ether oxygens (including phenoxy) is 2. The van der Waals surface area contributed by atoms with Gasteiger partial charge in [0.15, 0.2) is 5.11 Å². The minimum atomic E-state index is -0.511. The number of hydrogen-bond acceptors (Lipinski definition) is 5. The van der Waals surface area contributed by atoms with Crippen molar-refractivity contribution in [1.29, 1.82) is 0 Å². The average Bonchev–Trinajstić information content (AvgIpc) is 2.83. The number of carbonyl (C=O) groups is 2. The summed E-state index contributed by atoms with van der Waals surface area (Å²) < 4.78 is 10.7. The van der Waals surface area contributed by atoms with Gasteiger partial charge < -0.3 is 9.47 Å². The van der Waals surface area contributed by atoms with E-state index in [0.29, 0.717) is 28.4 Å². The quantitative estimate of drug-likeness (QED) is 0.331. The summed E-state index contributed by atoms with van der Waals surface area (Å²) in [7, 11) is 3.07. The van der Waals surface area contributed by atoms with Crippen molar-refractivity contribution in [1.82, 2.24) is 0 Å². The second-order valence-corrected chi connectivity index (χ2v) is 7.27. The van der Waals surface area contributed by atoms with Crippen molar-refractivity contribution < 1.29 is 19.1 Å². The van der Waals surface area contributed by atoms with Gasteiger partial charge in [0.2, 0.25) is 0 Å². The molecule has 1 aliphatic rings. The Balaban J connectivity index is 1.90. The third kappa shape index (κ3) is 3.86. The first kappa shape index (κ1) is 21.3. The Morgan fingerprint density at radius 1 is 0.750 bits per heavy atom. The highest BCUT2D eigenvalue weighted by molar-refractivity contribution is 7.81. The summed E-state index contributed by atoms with van der Waals surface area (Å²) in [6, 6.07) is 23.2. The van der Waals surface area contributed by atoms with Crippen LogP contribution in [0.3, 0.4) is 0 Å². The van der Waals surface area contributed by atoms with Gasteiger partial charge in [-0.05, 0) is 60.8 Å². The van der Waals surface area contributed by atoms with Crippen LogP contribution in [0.5, 0.6) is 11.5 Å². The van der Waals surface area contributed by atoms with E-state index in [0.717, 1.165) is 0 Å². The summed E-state index contributed by atoms with van der Waals surface area (Å²) in [5.41, 5.74) is 1.63. The van der Waals surface area contributed by atoms with Gasteiger partial charge in [-0.1, -0.05) is 36.4 Å². The van der Waals surface area contributed by atoms with Crippen LogP contribution >= 0.6 is 12.2 Å². The summed E-state index contributed by atoms with van der Waals surface area (Å²) in [6.45, 7) is 0. The lowest BCUT2D eigenvalue weighted by Gasteiger charge is -2.36. The summed E-state index contributed by atoms with van der Waals surface area (Å²) >= 11 is 5.61. The van der Waals surface area contributed by atoms with Crippen molar-refractivity contribution in [3.8, 4) is 11.5 Å². The maximum absolute atomic E-state index is 13.5. The zero-order chi connectivity index (χ0) is 22.7. The summed E-state index contributed by atoms with van der Waals surface area (Å²) in [5, 5.41) is 0.0900.